The maximum atomic E-state index is 12.1. The van der Waals surface area contributed by atoms with Crippen molar-refractivity contribution in [2.24, 2.45) is 0 Å². The van der Waals surface area contributed by atoms with Crippen LogP contribution in [0.1, 0.15) is 5.69 Å². The third kappa shape index (κ3) is 3.49. The predicted octanol–water partition coefficient (Wildman–Crippen LogP) is 2.02. The van der Waals surface area contributed by atoms with Crippen molar-refractivity contribution in [1.82, 2.24) is 14.5 Å². The molecule has 0 aliphatic rings. The van der Waals surface area contributed by atoms with E-state index in [1.165, 1.54) is 22.0 Å². The molecule has 122 valence electrons. The van der Waals surface area contributed by atoms with Crippen LogP contribution in [0.2, 0.25) is 0 Å². The van der Waals surface area contributed by atoms with Gasteiger partial charge in [-0.15, -0.1) is 11.3 Å². The summed E-state index contributed by atoms with van der Waals surface area (Å²) >= 11 is 1.28. The zero-order valence-electron chi connectivity index (χ0n) is 12.8. The van der Waals surface area contributed by atoms with Crippen LogP contribution >= 0.6 is 11.3 Å². The van der Waals surface area contributed by atoms with E-state index < -0.39 is 5.56 Å². The molecule has 1 amide bonds. The van der Waals surface area contributed by atoms with Gasteiger partial charge in [0.1, 0.15) is 18.0 Å². The van der Waals surface area contributed by atoms with Gasteiger partial charge in [-0.2, -0.15) is 0 Å². The highest BCUT2D eigenvalue weighted by atomic mass is 32.1. The summed E-state index contributed by atoms with van der Waals surface area (Å²) in [4.78, 5) is 32.5. The highest BCUT2D eigenvalue weighted by Crippen LogP contribution is 2.23. The van der Waals surface area contributed by atoms with Gasteiger partial charge in [-0.25, -0.2) is 4.98 Å². The number of carbonyl (C=O) groups excluding carboxylic acids is 1. The van der Waals surface area contributed by atoms with E-state index in [-0.39, 0.29) is 18.2 Å². The fourth-order valence-corrected chi connectivity index (χ4v) is 2.90. The second-order valence-corrected chi connectivity index (χ2v) is 5.94. The lowest BCUT2D eigenvalue weighted by molar-refractivity contribution is -0.116. The predicted molar refractivity (Wildman–Crippen MR) is 91.1 cm³/mol. The second kappa shape index (κ2) is 6.63. The van der Waals surface area contributed by atoms with Crippen LogP contribution in [-0.2, 0) is 11.3 Å². The van der Waals surface area contributed by atoms with Crippen LogP contribution in [-0.4, -0.2) is 25.5 Å². The molecule has 0 saturated carbocycles. The molecule has 0 aliphatic heterocycles. The normalized spacial score (nSPS) is 10.5. The molecule has 8 heteroatoms. The van der Waals surface area contributed by atoms with Crippen molar-refractivity contribution < 1.29 is 9.90 Å². The minimum Gasteiger partial charge on any atom is -0.508 e. The average Bonchev–Trinajstić information content (AvgIpc) is 3.00. The number of rotatable bonds is 4. The number of aryl methyl sites for hydroxylation is 1. The van der Waals surface area contributed by atoms with Gasteiger partial charge in [-0.1, -0.05) is 6.07 Å². The summed E-state index contributed by atoms with van der Waals surface area (Å²) < 4.78 is 1.28. The number of thiazole rings is 1. The zero-order valence-corrected chi connectivity index (χ0v) is 13.6. The van der Waals surface area contributed by atoms with E-state index in [4.69, 9.17) is 0 Å². The van der Waals surface area contributed by atoms with Gasteiger partial charge in [0, 0.05) is 23.3 Å². The Balaban J connectivity index is 1.72. The summed E-state index contributed by atoms with van der Waals surface area (Å²) in [7, 11) is 0. The number of anilines is 1. The molecule has 0 atom stereocenters. The van der Waals surface area contributed by atoms with Crippen molar-refractivity contribution in [3.8, 4) is 17.1 Å². The number of hydrogen-bond donors (Lipinski definition) is 2. The highest BCUT2D eigenvalue weighted by molar-refractivity contribution is 7.14. The van der Waals surface area contributed by atoms with Gasteiger partial charge >= 0.3 is 0 Å². The molecule has 3 heterocycles. The van der Waals surface area contributed by atoms with Crippen LogP contribution in [0, 0.1) is 6.92 Å². The minimum atomic E-state index is -0.434. The maximum absolute atomic E-state index is 12.1. The summed E-state index contributed by atoms with van der Waals surface area (Å²) in [5.74, 6) is -0.484. The molecule has 0 fully saturated rings. The molecular formula is C16H14N4O3S. The van der Waals surface area contributed by atoms with Crippen LogP contribution < -0.4 is 10.9 Å². The zero-order chi connectivity index (χ0) is 17.1. The summed E-state index contributed by atoms with van der Waals surface area (Å²) in [5, 5.41) is 14.3. The van der Waals surface area contributed by atoms with Gasteiger partial charge in [0.05, 0.1) is 5.69 Å². The number of amides is 1. The fourth-order valence-electron chi connectivity index (χ4n) is 2.18. The Hall–Kier alpha value is -3.00. The van der Waals surface area contributed by atoms with Gasteiger partial charge in [-0.05, 0) is 25.1 Å². The molecule has 3 aromatic heterocycles. The van der Waals surface area contributed by atoms with E-state index in [0.717, 1.165) is 11.8 Å². The summed E-state index contributed by atoms with van der Waals surface area (Å²) in [6.45, 7) is 1.50. The maximum Gasteiger partial charge on any atom is 0.254 e. The van der Waals surface area contributed by atoms with E-state index in [9.17, 15) is 14.7 Å². The standard InChI is InChI=1S/C16H14N4O3S/c1-10-6-11(21)7-15(23)20(10)8-14(22)19-16-18-13(9-24-16)12-4-2-3-5-17-12/h2-7,9,21H,8H2,1H3,(H,18,19,22). The van der Waals surface area contributed by atoms with Gasteiger partial charge in [-0.3, -0.25) is 14.6 Å². The Morgan fingerprint density at radius 1 is 1.33 bits per heavy atom. The third-order valence-electron chi connectivity index (χ3n) is 3.30. The Bertz CT molecular complexity index is 934. The molecule has 24 heavy (non-hydrogen) atoms. The van der Waals surface area contributed by atoms with Crippen molar-refractivity contribution in [3.63, 3.8) is 0 Å². The first-order chi connectivity index (χ1) is 11.5. The SMILES string of the molecule is Cc1cc(O)cc(=O)n1CC(=O)Nc1nc(-c2ccccn2)cs1. The molecule has 0 bridgehead atoms. The van der Waals surface area contributed by atoms with E-state index in [1.807, 2.05) is 18.2 Å². The molecule has 0 saturated heterocycles. The fraction of sp³-hybridized carbons (Fsp3) is 0.125. The Morgan fingerprint density at radius 2 is 2.17 bits per heavy atom. The van der Waals surface area contributed by atoms with Crippen LogP contribution in [0.15, 0.2) is 46.7 Å². The molecule has 0 radical (unpaired) electrons. The number of pyridine rings is 2. The first-order valence-corrected chi connectivity index (χ1v) is 7.98. The quantitative estimate of drug-likeness (QED) is 0.756. The van der Waals surface area contributed by atoms with Crippen LogP contribution in [0.3, 0.4) is 0 Å². The van der Waals surface area contributed by atoms with Crippen molar-refractivity contribution in [3.05, 3.63) is 58.0 Å². The van der Waals surface area contributed by atoms with E-state index >= 15 is 0 Å². The lowest BCUT2D eigenvalue weighted by Gasteiger charge is -2.09. The molecule has 0 spiro atoms. The van der Waals surface area contributed by atoms with Gasteiger partial charge in [0.25, 0.3) is 5.56 Å². The van der Waals surface area contributed by atoms with E-state index in [1.54, 1.807) is 18.5 Å². The number of aromatic hydroxyl groups is 1. The first kappa shape index (κ1) is 15.9. The average molecular weight is 342 g/mol. The molecule has 0 aromatic carbocycles. The summed E-state index contributed by atoms with van der Waals surface area (Å²) in [6.07, 6.45) is 1.67. The van der Waals surface area contributed by atoms with Gasteiger partial charge in [0.15, 0.2) is 5.13 Å². The number of nitrogens with zero attached hydrogens (tertiary/aromatic N) is 3. The highest BCUT2D eigenvalue weighted by Gasteiger charge is 2.11. The number of aromatic nitrogens is 3. The van der Waals surface area contributed by atoms with E-state index in [2.05, 4.69) is 15.3 Å². The molecule has 7 nitrogen and oxygen atoms in total. The molecule has 3 aromatic rings. The number of hydrogen-bond acceptors (Lipinski definition) is 6. The number of carbonyl (C=O) groups is 1. The van der Waals surface area contributed by atoms with E-state index in [0.29, 0.717) is 16.5 Å². The molecular weight excluding hydrogens is 328 g/mol. The summed E-state index contributed by atoms with van der Waals surface area (Å²) in [5.41, 5.74) is 1.47. The third-order valence-corrected chi connectivity index (χ3v) is 4.06. The Labute approximate surface area is 141 Å². The molecule has 3 rings (SSSR count). The minimum absolute atomic E-state index is 0.117. The Morgan fingerprint density at radius 3 is 2.88 bits per heavy atom. The monoisotopic (exact) mass is 342 g/mol. The van der Waals surface area contributed by atoms with Crippen molar-refractivity contribution >= 4 is 22.4 Å². The second-order valence-electron chi connectivity index (χ2n) is 5.08. The van der Waals surface area contributed by atoms with Crippen LogP contribution in [0.5, 0.6) is 5.75 Å². The van der Waals surface area contributed by atoms with Crippen LogP contribution in [0.25, 0.3) is 11.4 Å². The van der Waals surface area contributed by atoms with Crippen molar-refractivity contribution in [1.29, 1.82) is 0 Å². The Kier molecular flexibility index (Phi) is 4.39. The van der Waals surface area contributed by atoms with Gasteiger partial charge < -0.3 is 15.0 Å². The topological polar surface area (TPSA) is 97.1 Å². The van der Waals surface area contributed by atoms with Gasteiger partial charge in [0.2, 0.25) is 5.91 Å². The first-order valence-electron chi connectivity index (χ1n) is 7.10. The van der Waals surface area contributed by atoms with Crippen molar-refractivity contribution in [2.45, 2.75) is 13.5 Å². The lowest BCUT2D eigenvalue weighted by atomic mass is 10.3. The largest absolute Gasteiger partial charge is 0.508 e. The van der Waals surface area contributed by atoms with Crippen LogP contribution in [0.4, 0.5) is 5.13 Å². The lowest BCUT2D eigenvalue weighted by Crippen LogP contribution is -2.28. The number of nitrogens with one attached hydrogen (secondary N) is 1. The summed E-state index contributed by atoms with van der Waals surface area (Å²) in [6, 6.07) is 8.01. The smallest absolute Gasteiger partial charge is 0.254 e. The molecule has 2 N–H and O–H groups in total. The molecule has 0 unspecified atom stereocenters. The molecule has 0 aliphatic carbocycles. The van der Waals surface area contributed by atoms with Crippen molar-refractivity contribution in [2.75, 3.05) is 5.32 Å².